The Morgan fingerprint density at radius 2 is 1.38 bits per heavy atom. The van der Waals surface area contributed by atoms with Crippen molar-refractivity contribution in [1.29, 1.82) is 0 Å². The summed E-state index contributed by atoms with van der Waals surface area (Å²) in [4.78, 5) is 39.4. The van der Waals surface area contributed by atoms with Crippen LogP contribution in [0.15, 0.2) is 71.1 Å². The van der Waals surface area contributed by atoms with Crippen LogP contribution in [0.3, 0.4) is 0 Å². The number of carbonyl (C=O) groups is 2. The van der Waals surface area contributed by atoms with Gasteiger partial charge in [-0.2, -0.15) is 0 Å². The van der Waals surface area contributed by atoms with E-state index in [1.165, 1.54) is 12.1 Å². The molecular weight excluding hydrogens is 500 g/mol. The number of nitrogens with zero attached hydrogens (tertiary/aromatic N) is 2. The number of ether oxygens (including phenoxy) is 3. The van der Waals surface area contributed by atoms with Gasteiger partial charge in [0.25, 0.3) is 5.69 Å². The number of hydrogen-bond donors (Lipinski definition) is 0. The van der Waals surface area contributed by atoms with Gasteiger partial charge in [0.1, 0.15) is 5.75 Å². The number of nitro benzene ring substituents is 1. The molecule has 0 bridgehead atoms. The quantitative estimate of drug-likeness (QED) is 0.132. The summed E-state index contributed by atoms with van der Waals surface area (Å²) >= 11 is 0. The molecule has 0 N–H and O–H groups in total. The molecule has 0 radical (unpaired) electrons. The third kappa shape index (κ3) is 6.66. The van der Waals surface area contributed by atoms with Gasteiger partial charge in [0, 0.05) is 29.2 Å². The molecule has 9 heteroatoms. The summed E-state index contributed by atoms with van der Waals surface area (Å²) in [6.07, 6.45) is 3.19. The number of allylic oxidation sites excluding steroid dienone is 2. The molecule has 0 spiro atoms. The van der Waals surface area contributed by atoms with Crippen LogP contribution in [0, 0.1) is 10.1 Å². The van der Waals surface area contributed by atoms with Crippen molar-refractivity contribution in [1.82, 2.24) is 0 Å². The minimum atomic E-state index is -0.832. The van der Waals surface area contributed by atoms with Crippen molar-refractivity contribution in [3.8, 4) is 5.75 Å². The molecule has 1 aliphatic rings. The molecule has 1 aliphatic heterocycles. The van der Waals surface area contributed by atoms with Crippen molar-refractivity contribution in [2.75, 3.05) is 24.7 Å². The normalized spacial score (nSPS) is 13.9. The lowest BCUT2D eigenvalue weighted by atomic mass is 9.79. The lowest BCUT2D eigenvalue weighted by Crippen LogP contribution is -2.35. The monoisotopic (exact) mass is 536 g/mol. The predicted octanol–water partition coefficient (Wildman–Crippen LogP) is 6.44. The van der Waals surface area contributed by atoms with E-state index in [-0.39, 0.29) is 30.0 Å². The summed E-state index contributed by atoms with van der Waals surface area (Å²) in [5.41, 5.74) is 2.87. The number of hydrogen-bond acceptors (Lipinski definition) is 8. The van der Waals surface area contributed by atoms with Crippen LogP contribution in [-0.2, 0) is 19.1 Å². The molecule has 0 saturated heterocycles. The van der Waals surface area contributed by atoms with Crippen molar-refractivity contribution in [3.63, 3.8) is 0 Å². The fourth-order valence-corrected chi connectivity index (χ4v) is 4.75. The van der Waals surface area contributed by atoms with E-state index in [0.717, 1.165) is 30.7 Å². The highest BCUT2D eigenvalue weighted by Crippen LogP contribution is 2.45. The second-order valence-electron chi connectivity index (χ2n) is 9.11. The topological polar surface area (TPSA) is 108 Å². The third-order valence-corrected chi connectivity index (χ3v) is 6.57. The minimum absolute atomic E-state index is 0.0926. The van der Waals surface area contributed by atoms with E-state index in [0.29, 0.717) is 23.6 Å². The van der Waals surface area contributed by atoms with E-state index in [1.807, 2.05) is 29.2 Å². The maximum absolute atomic E-state index is 13.4. The Balaban J connectivity index is 2.15. The van der Waals surface area contributed by atoms with Gasteiger partial charge in [0.15, 0.2) is 0 Å². The van der Waals surface area contributed by atoms with Crippen LogP contribution in [0.4, 0.5) is 11.4 Å². The van der Waals surface area contributed by atoms with Crippen molar-refractivity contribution in [2.24, 2.45) is 0 Å². The zero-order valence-electron chi connectivity index (χ0n) is 23.2. The maximum Gasteiger partial charge on any atom is 0.336 e. The fourth-order valence-electron chi connectivity index (χ4n) is 4.75. The molecule has 0 atom stereocenters. The van der Waals surface area contributed by atoms with E-state index >= 15 is 0 Å². The van der Waals surface area contributed by atoms with Gasteiger partial charge in [0.05, 0.1) is 41.8 Å². The summed E-state index contributed by atoms with van der Waals surface area (Å²) in [5, 5.41) is 11.2. The molecule has 2 aromatic rings. The summed E-state index contributed by atoms with van der Waals surface area (Å²) in [5.74, 6) is -1.25. The Morgan fingerprint density at radius 1 is 0.846 bits per heavy atom. The summed E-state index contributed by atoms with van der Waals surface area (Å²) in [6, 6.07) is 13.3. The zero-order chi connectivity index (χ0) is 28.5. The molecule has 0 aliphatic carbocycles. The molecular formula is C30H36N2O7. The van der Waals surface area contributed by atoms with Crippen molar-refractivity contribution >= 4 is 23.3 Å². The van der Waals surface area contributed by atoms with Crippen LogP contribution in [0.5, 0.6) is 5.75 Å². The molecule has 39 heavy (non-hydrogen) atoms. The average Bonchev–Trinajstić information content (AvgIpc) is 2.91. The highest BCUT2D eigenvalue weighted by Gasteiger charge is 2.41. The van der Waals surface area contributed by atoms with Gasteiger partial charge in [-0.05, 0) is 63.9 Å². The van der Waals surface area contributed by atoms with Gasteiger partial charge < -0.3 is 19.1 Å². The molecule has 0 unspecified atom stereocenters. The Bertz CT molecular complexity index is 1210. The number of nitro groups is 1. The number of esters is 2. The average molecular weight is 537 g/mol. The molecule has 1 heterocycles. The molecule has 208 valence electrons. The van der Waals surface area contributed by atoms with Gasteiger partial charge >= 0.3 is 11.9 Å². The Hall–Kier alpha value is -4.14. The molecule has 0 aromatic heterocycles. The van der Waals surface area contributed by atoms with E-state index in [4.69, 9.17) is 14.2 Å². The number of unbranched alkanes of at least 4 members (excludes halogenated alkanes) is 2. The first-order valence-electron chi connectivity index (χ1n) is 13.3. The van der Waals surface area contributed by atoms with E-state index in [1.54, 1.807) is 39.8 Å². The molecule has 0 fully saturated rings. The predicted molar refractivity (Wildman–Crippen MR) is 148 cm³/mol. The zero-order valence-corrected chi connectivity index (χ0v) is 23.2. The SMILES string of the molecule is CCCCCOc1ccc(N2C(C)=C(C(=O)OCC)C(c3ccc([N+](=O)[O-])cc3)C(C(=O)OCC)=C2C)cc1. The lowest BCUT2D eigenvalue weighted by molar-refractivity contribution is -0.384. The van der Waals surface area contributed by atoms with Gasteiger partial charge in [-0.15, -0.1) is 0 Å². The standard InChI is InChI=1S/C30H36N2O7/c1-6-9-10-19-39-25-17-15-23(16-18-25)31-20(4)26(29(33)37-7-2)28(27(21(31)5)30(34)38-8-3)22-11-13-24(14-12-22)32(35)36/h11-18,28H,6-10,19H2,1-5H3. The Labute approximate surface area is 229 Å². The Morgan fingerprint density at radius 3 is 1.85 bits per heavy atom. The van der Waals surface area contributed by atoms with Crippen LogP contribution in [0.25, 0.3) is 0 Å². The molecule has 3 rings (SSSR count). The van der Waals surface area contributed by atoms with Gasteiger partial charge in [0.2, 0.25) is 0 Å². The second kappa shape index (κ2) is 13.6. The highest BCUT2D eigenvalue weighted by molar-refractivity contribution is 6.01. The van der Waals surface area contributed by atoms with Gasteiger partial charge in [-0.3, -0.25) is 10.1 Å². The molecule has 9 nitrogen and oxygen atoms in total. The Kier molecular flexibility index (Phi) is 10.3. The van der Waals surface area contributed by atoms with E-state index in [2.05, 4.69) is 6.92 Å². The summed E-state index contributed by atoms with van der Waals surface area (Å²) < 4.78 is 16.7. The summed E-state index contributed by atoms with van der Waals surface area (Å²) in [7, 11) is 0. The summed E-state index contributed by atoms with van der Waals surface area (Å²) in [6.45, 7) is 10.1. The maximum atomic E-state index is 13.4. The van der Waals surface area contributed by atoms with Crippen molar-refractivity contribution < 1.29 is 28.7 Å². The number of carbonyl (C=O) groups excluding carboxylic acids is 2. The number of non-ortho nitro benzene ring substituents is 1. The van der Waals surface area contributed by atoms with Gasteiger partial charge in [-0.25, -0.2) is 9.59 Å². The van der Waals surface area contributed by atoms with Crippen LogP contribution in [-0.4, -0.2) is 36.7 Å². The number of anilines is 1. The number of benzene rings is 2. The smallest absolute Gasteiger partial charge is 0.336 e. The molecule has 2 aromatic carbocycles. The second-order valence-corrected chi connectivity index (χ2v) is 9.11. The molecule has 0 saturated carbocycles. The minimum Gasteiger partial charge on any atom is -0.494 e. The van der Waals surface area contributed by atoms with Crippen LogP contribution in [0.2, 0.25) is 0 Å². The fraction of sp³-hybridized carbons (Fsp3) is 0.400. The largest absolute Gasteiger partial charge is 0.494 e. The van der Waals surface area contributed by atoms with E-state index in [9.17, 15) is 19.7 Å². The first kappa shape index (κ1) is 29.4. The number of rotatable bonds is 12. The molecule has 0 amide bonds. The third-order valence-electron chi connectivity index (χ3n) is 6.57. The highest BCUT2D eigenvalue weighted by atomic mass is 16.6. The first-order valence-corrected chi connectivity index (χ1v) is 13.3. The van der Waals surface area contributed by atoms with E-state index < -0.39 is 22.8 Å². The van der Waals surface area contributed by atoms with Gasteiger partial charge in [-0.1, -0.05) is 31.9 Å². The van der Waals surface area contributed by atoms with Crippen LogP contribution < -0.4 is 9.64 Å². The lowest BCUT2D eigenvalue weighted by Gasteiger charge is -2.38. The van der Waals surface area contributed by atoms with Crippen LogP contribution >= 0.6 is 0 Å². The van der Waals surface area contributed by atoms with Crippen molar-refractivity contribution in [2.45, 2.75) is 59.8 Å². The van der Waals surface area contributed by atoms with Crippen molar-refractivity contribution in [3.05, 3.63) is 86.7 Å². The van der Waals surface area contributed by atoms with Crippen LogP contribution in [0.1, 0.15) is 65.4 Å². The first-order chi connectivity index (χ1) is 18.7.